The highest BCUT2D eigenvalue weighted by Gasteiger charge is 2.15. The SMILES string of the molecule is COCc1ccc(P(c2ccccc2)c2ccccc2)cc1. The Morgan fingerprint density at radius 3 is 1.55 bits per heavy atom. The Morgan fingerprint density at radius 1 is 0.636 bits per heavy atom. The van der Waals surface area contributed by atoms with Crippen molar-refractivity contribution < 1.29 is 4.74 Å². The van der Waals surface area contributed by atoms with Gasteiger partial charge in [0.1, 0.15) is 0 Å². The van der Waals surface area contributed by atoms with Gasteiger partial charge in [-0.25, -0.2) is 0 Å². The maximum absolute atomic E-state index is 5.20. The number of benzene rings is 3. The van der Waals surface area contributed by atoms with Gasteiger partial charge in [0.2, 0.25) is 0 Å². The third-order valence-corrected chi connectivity index (χ3v) is 5.98. The molecule has 3 rings (SSSR count). The van der Waals surface area contributed by atoms with Crippen molar-refractivity contribution in [1.82, 2.24) is 0 Å². The molecule has 0 saturated carbocycles. The summed E-state index contributed by atoms with van der Waals surface area (Å²) < 4.78 is 5.20. The van der Waals surface area contributed by atoms with Crippen molar-refractivity contribution in [2.24, 2.45) is 0 Å². The van der Waals surface area contributed by atoms with Gasteiger partial charge in [0.05, 0.1) is 6.61 Å². The maximum Gasteiger partial charge on any atom is 0.0713 e. The van der Waals surface area contributed by atoms with Gasteiger partial charge >= 0.3 is 0 Å². The standard InChI is InChI=1S/C20H19OP/c1-21-16-17-12-14-20(15-13-17)22(18-8-4-2-5-9-18)19-10-6-3-7-11-19/h2-15H,16H2,1H3. The monoisotopic (exact) mass is 306 g/mol. The van der Waals surface area contributed by atoms with Crippen molar-refractivity contribution in [3.8, 4) is 0 Å². The third kappa shape index (κ3) is 3.44. The maximum atomic E-state index is 5.20. The molecule has 2 heteroatoms. The second-order valence-electron chi connectivity index (χ2n) is 5.11. The van der Waals surface area contributed by atoms with Crippen LogP contribution in [-0.2, 0) is 11.3 Å². The van der Waals surface area contributed by atoms with Gasteiger partial charge in [0.15, 0.2) is 0 Å². The first-order chi connectivity index (χ1) is 10.9. The molecular weight excluding hydrogens is 287 g/mol. The zero-order chi connectivity index (χ0) is 15.2. The fourth-order valence-corrected chi connectivity index (χ4v) is 4.79. The first-order valence-corrected chi connectivity index (χ1v) is 8.71. The normalized spacial score (nSPS) is 10.8. The van der Waals surface area contributed by atoms with Crippen molar-refractivity contribution in [1.29, 1.82) is 0 Å². The molecule has 0 N–H and O–H groups in total. The van der Waals surface area contributed by atoms with Gasteiger partial charge in [-0.3, -0.25) is 0 Å². The Balaban J connectivity index is 2.02. The molecule has 0 aliphatic rings. The molecule has 0 saturated heterocycles. The molecule has 0 heterocycles. The largest absolute Gasteiger partial charge is 0.380 e. The third-order valence-electron chi connectivity index (χ3n) is 3.53. The van der Waals surface area contributed by atoms with Gasteiger partial charge in [0.25, 0.3) is 0 Å². The molecule has 3 aromatic rings. The van der Waals surface area contributed by atoms with Gasteiger partial charge in [-0.1, -0.05) is 84.9 Å². The predicted octanol–water partition coefficient (Wildman–Crippen LogP) is 3.59. The first-order valence-electron chi connectivity index (χ1n) is 7.36. The van der Waals surface area contributed by atoms with Gasteiger partial charge in [-0.2, -0.15) is 0 Å². The highest BCUT2D eigenvalue weighted by atomic mass is 31.1. The Morgan fingerprint density at radius 2 is 1.09 bits per heavy atom. The van der Waals surface area contributed by atoms with E-state index in [2.05, 4.69) is 84.9 Å². The summed E-state index contributed by atoms with van der Waals surface area (Å²) in [5.41, 5.74) is 1.21. The highest BCUT2D eigenvalue weighted by molar-refractivity contribution is 7.79. The molecule has 3 aromatic carbocycles. The van der Waals surface area contributed by atoms with Crippen molar-refractivity contribution in [2.75, 3.05) is 7.11 Å². The zero-order valence-corrected chi connectivity index (χ0v) is 13.5. The van der Waals surface area contributed by atoms with Crippen molar-refractivity contribution in [2.45, 2.75) is 6.61 Å². The fourth-order valence-electron chi connectivity index (χ4n) is 2.51. The van der Waals surface area contributed by atoms with Gasteiger partial charge in [0, 0.05) is 7.11 Å². The predicted molar refractivity (Wildman–Crippen MR) is 95.9 cm³/mol. The van der Waals surface area contributed by atoms with Crippen LogP contribution in [0.25, 0.3) is 0 Å². The average Bonchev–Trinajstić information content (AvgIpc) is 2.59. The van der Waals surface area contributed by atoms with Crippen LogP contribution in [0.4, 0.5) is 0 Å². The smallest absolute Gasteiger partial charge is 0.0713 e. The highest BCUT2D eigenvalue weighted by Crippen LogP contribution is 2.32. The minimum absolute atomic E-state index is 0.508. The van der Waals surface area contributed by atoms with E-state index in [4.69, 9.17) is 4.74 Å². The number of ether oxygens (including phenoxy) is 1. The van der Waals surface area contributed by atoms with Crippen LogP contribution in [0.2, 0.25) is 0 Å². The lowest BCUT2D eigenvalue weighted by Crippen LogP contribution is -2.20. The Bertz CT molecular complexity index is 653. The Hall–Kier alpha value is -1.95. The Labute approximate surface area is 133 Å². The summed E-state index contributed by atoms with van der Waals surface area (Å²) in [6.07, 6.45) is 0. The van der Waals surface area contributed by atoms with Crippen LogP contribution in [0.3, 0.4) is 0 Å². The fraction of sp³-hybridized carbons (Fsp3) is 0.100. The lowest BCUT2D eigenvalue weighted by molar-refractivity contribution is 0.185. The van der Waals surface area contributed by atoms with Crippen LogP contribution in [0.1, 0.15) is 5.56 Å². The molecule has 0 aliphatic heterocycles. The van der Waals surface area contributed by atoms with Crippen LogP contribution in [0, 0.1) is 0 Å². The summed E-state index contributed by atoms with van der Waals surface area (Å²) in [5, 5.41) is 4.12. The topological polar surface area (TPSA) is 9.23 Å². The lowest BCUT2D eigenvalue weighted by atomic mass is 10.2. The summed E-state index contributed by atoms with van der Waals surface area (Å²) in [7, 11) is 1.22. The molecule has 0 unspecified atom stereocenters. The van der Waals surface area contributed by atoms with Crippen LogP contribution in [-0.4, -0.2) is 7.11 Å². The molecule has 22 heavy (non-hydrogen) atoms. The molecule has 0 fully saturated rings. The van der Waals surface area contributed by atoms with Crippen molar-refractivity contribution in [3.05, 3.63) is 90.5 Å². The van der Waals surface area contributed by atoms with Crippen LogP contribution in [0.15, 0.2) is 84.9 Å². The molecule has 0 spiro atoms. The van der Waals surface area contributed by atoms with E-state index in [0.717, 1.165) is 0 Å². The van der Waals surface area contributed by atoms with E-state index in [-0.39, 0.29) is 0 Å². The number of hydrogen-bond acceptors (Lipinski definition) is 1. The summed E-state index contributed by atoms with van der Waals surface area (Å²) in [5.74, 6) is 0. The van der Waals surface area contributed by atoms with E-state index in [0.29, 0.717) is 6.61 Å². The number of rotatable bonds is 5. The minimum atomic E-state index is -0.508. The molecule has 0 aromatic heterocycles. The van der Waals surface area contributed by atoms with Crippen molar-refractivity contribution >= 4 is 23.8 Å². The molecule has 0 atom stereocenters. The molecule has 0 radical (unpaired) electrons. The Kier molecular flexibility index (Phi) is 5.00. The first kappa shape index (κ1) is 15.0. The van der Waals surface area contributed by atoms with Crippen LogP contribution in [0.5, 0.6) is 0 Å². The average molecular weight is 306 g/mol. The van der Waals surface area contributed by atoms with Crippen molar-refractivity contribution in [3.63, 3.8) is 0 Å². The van der Waals surface area contributed by atoms with Gasteiger partial charge < -0.3 is 4.74 Å². The van der Waals surface area contributed by atoms with Gasteiger partial charge in [-0.15, -0.1) is 0 Å². The zero-order valence-electron chi connectivity index (χ0n) is 12.6. The molecule has 0 aliphatic carbocycles. The van der Waals surface area contributed by atoms with E-state index >= 15 is 0 Å². The van der Waals surface area contributed by atoms with Gasteiger partial charge in [-0.05, 0) is 29.4 Å². The van der Waals surface area contributed by atoms with Crippen LogP contribution < -0.4 is 15.9 Å². The second kappa shape index (κ2) is 7.35. The summed E-state index contributed by atoms with van der Waals surface area (Å²) in [6.45, 7) is 0.662. The van der Waals surface area contributed by atoms with E-state index in [1.165, 1.54) is 21.5 Å². The molecule has 1 nitrogen and oxygen atoms in total. The van der Waals surface area contributed by atoms with E-state index in [1.54, 1.807) is 7.11 Å². The summed E-state index contributed by atoms with van der Waals surface area (Å²) in [4.78, 5) is 0. The van der Waals surface area contributed by atoms with E-state index in [1.807, 2.05) is 0 Å². The second-order valence-corrected chi connectivity index (χ2v) is 7.33. The summed E-state index contributed by atoms with van der Waals surface area (Å²) >= 11 is 0. The summed E-state index contributed by atoms with van der Waals surface area (Å²) in [6, 6.07) is 30.3. The lowest BCUT2D eigenvalue weighted by Gasteiger charge is -2.19. The van der Waals surface area contributed by atoms with E-state index in [9.17, 15) is 0 Å². The number of hydrogen-bond donors (Lipinski definition) is 0. The van der Waals surface area contributed by atoms with Crippen LogP contribution >= 0.6 is 7.92 Å². The molecule has 0 bridgehead atoms. The minimum Gasteiger partial charge on any atom is -0.380 e. The molecular formula is C20H19OP. The van der Waals surface area contributed by atoms with E-state index < -0.39 is 7.92 Å². The number of methoxy groups -OCH3 is 1. The quantitative estimate of drug-likeness (QED) is 0.655. The molecule has 0 amide bonds. The molecule has 110 valence electrons.